The minimum atomic E-state index is -1.02. The van der Waals surface area contributed by atoms with Crippen LogP contribution >= 0.6 is 0 Å². The SMILES string of the molecule is O=C(O)Cn1ncc(NC(=O)CC2CCCCC2)n1. The largest absolute Gasteiger partial charge is 0.480 e. The summed E-state index contributed by atoms with van der Waals surface area (Å²) in [6.45, 7) is -0.307. The Morgan fingerprint density at radius 2 is 2.11 bits per heavy atom. The molecule has 19 heavy (non-hydrogen) atoms. The van der Waals surface area contributed by atoms with Gasteiger partial charge < -0.3 is 10.4 Å². The first-order valence-corrected chi connectivity index (χ1v) is 6.55. The molecular formula is C12H18N4O3. The van der Waals surface area contributed by atoms with Crippen LogP contribution in [-0.2, 0) is 16.1 Å². The van der Waals surface area contributed by atoms with Gasteiger partial charge in [0.1, 0.15) is 0 Å². The van der Waals surface area contributed by atoms with E-state index in [0.29, 0.717) is 18.2 Å². The molecule has 1 aromatic rings. The van der Waals surface area contributed by atoms with E-state index in [0.717, 1.165) is 17.6 Å². The van der Waals surface area contributed by atoms with Crippen molar-refractivity contribution in [2.24, 2.45) is 5.92 Å². The molecule has 2 N–H and O–H groups in total. The molecule has 1 amide bonds. The van der Waals surface area contributed by atoms with Crippen LogP contribution in [0.2, 0.25) is 0 Å². The second-order valence-corrected chi connectivity index (χ2v) is 4.91. The van der Waals surface area contributed by atoms with Crippen molar-refractivity contribution >= 4 is 17.7 Å². The summed E-state index contributed by atoms with van der Waals surface area (Å²) in [7, 11) is 0. The summed E-state index contributed by atoms with van der Waals surface area (Å²) in [6.07, 6.45) is 7.76. The predicted molar refractivity (Wildman–Crippen MR) is 67.5 cm³/mol. The molecule has 1 saturated carbocycles. The average Bonchev–Trinajstić information content (AvgIpc) is 2.76. The molecule has 1 aliphatic rings. The lowest BCUT2D eigenvalue weighted by molar-refractivity contribution is -0.138. The van der Waals surface area contributed by atoms with Crippen LogP contribution in [0.1, 0.15) is 38.5 Å². The molecule has 0 atom stereocenters. The number of aliphatic carboxylic acids is 1. The van der Waals surface area contributed by atoms with Crippen molar-refractivity contribution in [2.75, 3.05) is 5.32 Å². The molecule has 0 bridgehead atoms. The number of aromatic nitrogens is 3. The Kier molecular flexibility index (Phi) is 4.48. The Labute approximate surface area is 111 Å². The fraction of sp³-hybridized carbons (Fsp3) is 0.667. The van der Waals surface area contributed by atoms with Crippen LogP contribution in [0.15, 0.2) is 6.20 Å². The second kappa shape index (κ2) is 6.31. The molecule has 0 unspecified atom stereocenters. The van der Waals surface area contributed by atoms with Crippen molar-refractivity contribution in [2.45, 2.75) is 45.1 Å². The van der Waals surface area contributed by atoms with E-state index >= 15 is 0 Å². The summed E-state index contributed by atoms with van der Waals surface area (Å²) in [5.74, 6) is -0.324. The van der Waals surface area contributed by atoms with Gasteiger partial charge in [0.2, 0.25) is 5.91 Å². The zero-order valence-corrected chi connectivity index (χ0v) is 10.7. The number of hydrogen-bond donors (Lipinski definition) is 2. The van der Waals surface area contributed by atoms with Crippen molar-refractivity contribution in [3.8, 4) is 0 Å². The summed E-state index contributed by atoms with van der Waals surface area (Å²) in [4.78, 5) is 23.3. The van der Waals surface area contributed by atoms with Crippen LogP contribution < -0.4 is 5.32 Å². The topological polar surface area (TPSA) is 97.1 Å². The second-order valence-electron chi connectivity index (χ2n) is 4.91. The number of rotatable bonds is 5. The third kappa shape index (κ3) is 4.35. The lowest BCUT2D eigenvalue weighted by Gasteiger charge is -2.20. The average molecular weight is 266 g/mol. The fourth-order valence-electron chi connectivity index (χ4n) is 2.40. The molecular weight excluding hydrogens is 248 g/mol. The molecule has 2 rings (SSSR count). The maximum absolute atomic E-state index is 11.8. The normalized spacial score (nSPS) is 16.2. The first-order chi connectivity index (χ1) is 9.13. The van der Waals surface area contributed by atoms with Crippen LogP contribution in [0.25, 0.3) is 0 Å². The lowest BCUT2D eigenvalue weighted by Crippen LogP contribution is -2.19. The Balaban J connectivity index is 1.81. The van der Waals surface area contributed by atoms with E-state index in [4.69, 9.17) is 5.11 Å². The third-order valence-electron chi connectivity index (χ3n) is 3.28. The van der Waals surface area contributed by atoms with Crippen molar-refractivity contribution < 1.29 is 14.7 Å². The van der Waals surface area contributed by atoms with Gasteiger partial charge >= 0.3 is 5.97 Å². The van der Waals surface area contributed by atoms with Crippen LogP contribution in [-0.4, -0.2) is 32.0 Å². The van der Waals surface area contributed by atoms with Crippen LogP contribution in [0.3, 0.4) is 0 Å². The van der Waals surface area contributed by atoms with Gasteiger partial charge in [-0.15, -0.1) is 5.10 Å². The Morgan fingerprint density at radius 1 is 1.37 bits per heavy atom. The van der Waals surface area contributed by atoms with Crippen molar-refractivity contribution in [1.82, 2.24) is 15.0 Å². The number of carboxylic acid groups (broad SMARTS) is 1. The first kappa shape index (κ1) is 13.5. The number of carboxylic acids is 1. The van der Waals surface area contributed by atoms with Crippen molar-refractivity contribution in [3.05, 3.63) is 6.20 Å². The molecule has 1 fully saturated rings. The maximum atomic E-state index is 11.8. The number of hydrogen-bond acceptors (Lipinski definition) is 4. The summed E-state index contributed by atoms with van der Waals surface area (Å²) in [5.41, 5.74) is 0. The quantitative estimate of drug-likeness (QED) is 0.836. The van der Waals surface area contributed by atoms with E-state index in [1.54, 1.807) is 0 Å². The highest BCUT2D eigenvalue weighted by Gasteiger charge is 2.17. The van der Waals surface area contributed by atoms with E-state index in [1.165, 1.54) is 25.5 Å². The van der Waals surface area contributed by atoms with Crippen molar-refractivity contribution in [1.29, 1.82) is 0 Å². The molecule has 0 aliphatic heterocycles. The molecule has 104 valence electrons. The standard InChI is InChI=1S/C12H18N4O3/c17-11(6-9-4-2-1-3-5-9)14-10-7-13-16(15-10)8-12(18)19/h7,9H,1-6,8H2,(H,18,19)(H,14,15,17). The number of nitrogens with zero attached hydrogens (tertiary/aromatic N) is 3. The number of carbonyl (C=O) groups is 2. The monoisotopic (exact) mass is 266 g/mol. The molecule has 1 aromatic heterocycles. The van der Waals surface area contributed by atoms with Gasteiger partial charge in [0, 0.05) is 6.42 Å². The number of anilines is 1. The highest BCUT2D eigenvalue weighted by molar-refractivity contribution is 5.89. The minimum absolute atomic E-state index is 0.0747. The smallest absolute Gasteiger partial charge is 0.327 e. The van der Waals surface area contributed by atoms with E-state index in [9.17, 15) is 9.59 Å². The Hall–Kier alpha value is -1.92. The van der Waals surface area contributed by atoms with E-state index in [1.807, 2.05) is 0 Å². The third-order valence-corrected chi connectivity index (χ3v) is 3.28. The number of amides is 1. The van der Waals surface area contributed by atoms with Gasteiger partial charge in [-0.25, -0.2) is 0 Å². The molecule has 1 aliphatic carbocycles. The summed E-state index contributed by atoms with van der Waals surface area (Å²) < 4.78 is 0. The number of carbonyl (C=O) groups excluding carboxylic acids is 1. The molecule has 0 aromatic carbocycles. The van der Waals surface area contributed by atoms with Gasteiger partial charge in [0.05, 0.1) is 6.20 Å². The van der Waals surface area contributed by atoms with E-state index in [-0.39, 0.29) is 12.5 Å². The van der Waals surface area contributed by atoms with Gasteiger partial charge in [-0.3, -0.25) is 9.59 Å². The van der Waals surface area contributed by atoms with Gasteiger partial charge in [-0.2, -0.15) is 9.90 Å². The summed E-state index contributed by atoms with van der Waals surface area (Å²) in [6, 6.07) is 0. The first-order valence-electron chi connectivity index (χ1n) is 6.55. The Bertz CT molecular complexity index is 452. The fourth-order valence-corrected chi connectivity index (χ4v) is 2.40. The molecule has 1 heterocycles. The molecule has 7 nitrogen and oxygen atoms in total. The molecule has 7 heteroatoms. The zero-order chi connectivity index (χ0) is 13.7. The molecule has 0 saturated heterocycles. The lowest BCUT2D eigenvalue weighted by atomic mass is 9.87. The predicted octanol–water partition coefficient (Wildman–Crippen LogP) is 1.27. The summed E-state index contributed by atoms with van der Waals surface area (Å²) in [5, 5.41) is 18.9. The van der Waals surface area contributed by atoms with Gasteiger partial charge in [0.15, 0.2) is 12.4 Å². The summed E-state index contributed by atoms with van der Waals surface area (Å²) >= 11 is 0. The van der Waals surface area contributed by atoms with E-state index in [2.05, 4.69) is 15.5 Å². The van der Waals surface area contributed by atoms with Crippen LogP contribution in [0, 0.1) is 5.92 Å². The van der Waals surface area contributed by atoms with Gasteiger partial charge in [0.25, 0.3) is 0 Å². The van der Waals surface area contributed by atoms with E-state index < -0.39 is 5.97 Å². The highest BCUT2D eigenvalue weighted by Crippen LogP contribution is 2.26. The van der Waals surface area contributed by atoms with Crippen LogP contribution in [0.4, 0.5) is 5.82 Å². The highest BCUT2D eigenvalue weighted by atomic mass is 16.4. The minimum Gasteiger partial charge on any atom is -0.480 e. The molecule has 0 radical (unpaired) electrons. The maximum Gasteiger partial charge on any atom is 0.327 e. The van der Waals surface area contributed by atoms with Gasteiger partial charge in [-0.1, -0.05) is 19.3 Å². The Morgan fingerprint density at radius 3 is 2.79 bits per heavy atom. The number of nitrogens with one attached hydrogen (secondary N) is 1. The van der Waals surface area contributed by atoms with Gasteiger partial charge in [-0.05, 0) is 18.8 Å². The zero-order valence-electron chi connectivity index (χ0n) is 10.7. The molecule has 0 spiro atoms. The van der Waals surface area contributed by atoms with Crippen molar-refractivity contribution in [3.63, 3.8) is 0 Å². The van der Waals surface area contributed by atoms with Crippen LogP contribution in [0.5, 0.6) is 0 Å².